The summed E-state index contributed by atoms with van der Waals surface area (Å²) in [6.07, 6.45) is 0. The zero-order chi connectivity index (χ0) is 12.6. The molecule has 0 aliphatic heterocycles. The van der Waals surface area contributed by atoms with Crippen LogP contribution in [0.15, 0.2) is 28.4 Å². The number of nitrogens with zero attached hydrogens (tertiary/aromatic N) is 1. The number of aromatic nitrogens is 1. The second-order valence-electron chi connectivity index (χ2n) is 3.96. The Balaban J connectivity index is 2.69. The highest BCUT2D eigenvalue weighted by Crippen LogP contribution is 2.25. The number of fused-ring (bicyclic) bond motifs is 1. The fraction of sp³-hybridized carbons (Fsp3) is 0.231. The number of carbonyl (C=O) groups is 1. The summed E-state index contributed by atoms with van der Waals surface area (Å²) in [5.74, 6) is -0.183. The number of ketones is 1. The van der Waals surface area contributed by atoms with Crippen molar-refractivity contribution in [1.82, 2.24) is 4.98 Å². The fourth-order valence-corrected chi connectivity index (χ4v) is 1.75. The number of Topliss-reactive ketones (excluding diaryl/α,β-unsaturated/α-hetero) is 1. The molecule has 0 unspecified atom stereocenters. The molecule has 1 aromatic carbocycles. The lowest BCUT2D eigenvalue weighted by atomic mass is 10.1. The summed E-state index contributed by atoms with van der Waals surface area (Å²) in [7, 11) is 0. The van der Waals surface area contributed by atoms with Gasteiger partial charge in [-0.1, -0.05) is 12.1 Å². The molecule has 88 valence electrons. The Morgan fingerprint density at radius 1 is 1.35 bits per heavy atom. The predicted octanol–water partition coefficient (Wildman–Crippen LogP) is 3.01. The largest absolute Gasteiger partial charge is 0.512 e. The van der Waals surface area contributed by atoms with Crippen LogP contribution in [0.3, 0.4) is 0 Å². The first kappa shape index (κ1) is 11.4. The van der Waals surface area contributed by atoms with Crippen LogP contribution >= 0.6 is 0 Å². The minimum Gasteiger partial charge on any atom is -0.512 e. The molecule has 2 rings (SSSR count). The van der Waals surface area contributed by atoms with Gasteiger partial charge in [0.05, 0.1) is 0 Å². The fourth-order valence-electron chi connectivity index (χ4n) is 1.75. The molecule has 0 radical (unpaired) electrons. The Hall–Kier alpha value is -2.10. The predicted molar refractivity (Wildman–Crippen MR) is 64.6 cm³/mol. The normalized spacial score (nSPS) is 12.6. The quantitative estimate of drug-likeness (QED) is 0.637. The summed E-state index contributed by atoms with van der Waals surface area (Å²) in [6, 6.07) is 5.58. The molecule has 0 spiro atoms. The van der Waals surface area contributed by atoms with Gasteiger partial charge in [-0.15, -0.1) is 0 Å². The summed E-state index contributed by atoms with van der Waals surface area (Å²) in [5, 5.41) is 9.49. The van der Waals surface area contributed by atoms with Crippen LogP contribution in [0, 0.1) is 6.92 Å². The summed E-state index contributed by atoms with van der Waals surface area (Å²) in [5.41, 5.74) is 2.39. The van der Waals surface area contributed by atoms with Crippen LogP contribution in [0.5, 0.6) is 0 Å². The minimum absolute atomic E-state index is 0.0818. The molecule has 2 aromatic rings. The number of hydrogen-bond donors (Lipinski definition) is 1. The van der Waals surface area contributed by atoms with Crippen LogP contribution in [-0.4, -0.2) is 15.9 Å². The van der Waals surface area contributed by atoms with Crippen LogP contribution in [0.2, 0.25) is 0 Å². The zero-order valence-corrected chi connectivity index (χ0v) is 9.94. The first-order valence-corrected chi connectivity index (χ1v) is 5.28. The SMILES string of the molecule is CC(=O)/C(=C(/C)O)c1nc2cccc(C)c2o1. The average molecular weight is 231 g/mol. The highest BCUT2D eigenvalue weighted by Gasteiger charge is 2.18. The van der Waals surface area contributed by atoms with E-state index in [0.29, 0.717) is 11.1 Å². The van der Waals surface area contributed by atoms with Crippen LogP contribution in [-0.2, 0) is 4.79 Å². The van der Waals surface area contributed by atoms with Crippen LogP contribution in [0.1, 0.15) is 25.3 Å². The molecule has 0 bridgehead atoms. The molecule has 0 amide bonds. The van der Waals surface area contributed by atoms with Crippen LogP contribution in [0.4, 0.5) is 0 Å². The van der Waals surface area contributed by atoms with E-state index in [1.54, 1.807) is 6.07 Å². The maximum absolute atomic E-state index is 11.4. The molecule has 4 heteroatoms. The molecule has 0 fully saturated rings. The van der Waals surface area contributed by atoms with E-state index in [0.717, 1.165) is 5.56 Å². The summed E-state index contributed by atoms with van der Waals surface area (Å²) < 4.78 is 5.53. The van der Waals surface area contributed by atoms with Gasteiger partial charge in [-0.3, -0.25) is 4.79 Å². The molecular weight excluding hydrogens is 218 g/mol. The Morgan fingerprint density at radius 2 is 2.06 bits per heavy atom. The smallest absolute Gasteiger partial charge is 0.234 e. The van der Waals surface area contributed by atoms with Gasteiger partial charge in [0.2, 0.25) is 5.89 Å². The number of aliphatic hydroxyl groups excluding tert-OH is 1. The van der Waals surface area contributed by atoms with Crippen molar-refractivity contribution in [1.29, 1.82) is 0 Å². The highest BCUT2D eigenvalue weighted by molar-refractivity contribution is 6.19. The number of aliphatic hydroxyl groups is 1. The number of carbonyl (C=O) groups excluding carboxylic acids is 1. The second kappa shape index (κ2) is 4.05. The Labute approximate surface area is 98.6 Å². The van der Waals surface area contributed by atoms with Gasteiger partial charge in [0, 0.05) is 0 Å². The Morgan fingerprint density at radius 3 is 2.59 bits per heavy atom. The van der Waals surface area contributed by atoms with Crippen molar-refractivity contribution in [3.05, 3.63) is 35.4 Å². The van der Waals surface area contributed by atoms with Crippen molar-refractivity contribution in [3.8, 4) is 0 Å². The molecule has 17 heavy (non-hydrogen) atoms. The number of hydrogen-bond acceptors (Lipinski definition) is 4. The number of rotatable bonds is 2. The van der Waals surface area contributed by atoms with E-state index in [9.17, 15) is 9.90 Å². The molecule has 0 aliphatic carbocycles. The average Bonchev–Trinajstić information content (AvgIpc) is 2.61. The number of aryl methyl sites for hydroxylation is 1. The standard InChI is InChI=1S/C13H13NO3/c1-7-5-4-6-10-12(7)17-13(14-10)11(8(2)15)9(3)16/h4-6,15H,1-3H3/b11-8+. The van der Waals surface area contributed by atoms with E-state index in [1.165, 1.54) is 13.8 Å². The van der Waals surface area contributed by atoms with Gasteiger partial charge >= 0.3 is 0 Å². The molecule has 4 nitrogen and oxygen atoms in total. The van der Waals surface area contributed by atoms with E-state index in [-0.39, 0.29) is 23.0 Å². The molecule has 0 atom stereocenters. The molecule has 0 aliphatic rings. The van der Waals surface area contributed by atoms with E-state index >= 15 is 0 Å². The van der Waals surface area contributed by atoms with Gasteiger partial charge in [0.25, 0.3) is 0 Å². The second-order valence-corrected chi connectivity index (χ2v) is 3.96. The Kier molecular flexibility index (Phi) is 2.71. The number of allylic oxidation sites excluding steroid dienone is 2. The van der Waals surface area contributed by atoms with Gasteiger partial charge in [-0.05, 0) is 32.4 Å². The topological polar surface area (TPSA) is 63.3 Å². The summed E-state index contributed by atoms with van der Waals surface area (Å²) in [4.78, 5) is 15.6. The first-order chi connectivity index (χ1) is 8.00. The summed E-state index contributed by atoms with van der Waals surface area (Å²) in [6.45, 7) is 4.72. The van der Waals surface area contributed by atoms with Crippen molar-refractivity contribution in [2.45, 2.75) is 20.8 Å². The number of oxazole rings is 1. The molecular formula is C13H13NO3. The van der Waals surface area contributed by atoms with Gasteiger partial charge < -0.3 is 9.52 Å². The third-order valence-electron chi connectivity index (χ3n) is 2.54. The lowest BCUT2D eigenvalue weighted by molar-refractivity contribution is -0.112. The van der Waals surface area contributed by atoms with Crippen molar-refractivity contribution in [2.75, 3.05) is 0 Å². The maximum Gasteiger partial charge on any atom is 0.234 e. The third kappa shape index (κ3) is 1.93. The van der Waals surface area contributed by atoms with E-state index in [1.807, 2.05) is 19.1 Å². The zero-order valence-electron chi connectivity index (χ0n) is 9.94. The Bertz CT molecular complexity index is 619. The van der Waals surface area contributed by atoms with E-state index in [2.05, 4.69) is 4.98 Å². The monoisotopic (exact) mass is 231 g/mol. The lowest BCUT2D eigenvalue weighted by Crippen LogP contribution is -1.99. The molecule has 1 aromatic heterocycles. The van der Waals surface area contributed by atoms with Crippen LogP contribution in [0.25, 0.3) is 16.7 Å². The van der Waals surface area contributed by atoms with Gasteiger partial charge in [0.15, 0.2) is 11.4 Å². The minimum atomic E-state index is -0.269. The molecule has 1 N–H and O–H groups in total. The third-order valence-corrected chi connectivity index (χ3v) is 2.54. The van der Waals surface area contributed by atoms with Gasteiger partial charge in [-0.2, -0.15) is 0 Å². The van der Waals surface area contributed by atoms with Crippen molar-refractivity contribution in [2.24, 2.45) is 0 Å². The number of para-hydroxylation sites is 1. The molecule has 0 saturated heterocycles. The molecule has 1 heterocycles. The van der Waals surface area contributed by atoms with E-state index < -0.39 is 0 Å². The first-order valence-electron chi connectivity index (χ1n) is 5.28. The maximum atomic E-state index is 11.4. The lowest BCUT2D eigenvalue weighted by Gasteiger charge is -1.98. The highest BCUT2D eigenvalue weighted by atomic mass is 16.4. The van der Waals surface area contributed by atoms with Crippen LogP contribution < -0.4 is 0 Å². The van der Waals surface area contributed by atoms with Gasteiger partial charge in [0.1, 0.15) is 16.8 Å². The number of benzene rings is 1. The summed E-state index contributed by atoms with van der Waals surface area (Å²) >= 11 is 0. The van der Waals surface area contributed by atoms with Crippen molar-refractivity contribution >= 4 is 22.5 Å². The molecule has 0 saturated carbocycles. The van der Waals surface area contributed by atoms with Crippen molar-refractivity contribution in [3.63, 3.8) is 0 Å². The van der Waals surface area contributed by atoms with E-state index in [4.69, 9.17) is 4.42 Å². The van der Waals surface area contributed by atoms with Gasteiger partial charge in [-0.25, -0.2) is 4.98 Å². The van der Waals surface area contributed by atoms with Crippen molar-refractivity contribution < 1.29 is 14.3 Å².